The van der Waals surface area contributed by atoms with Gasteiger partial charge in [-0.3, -0.25) is 4.90 Å². The van der Waals surface area contributed by atoms with E-state index in [-0.39, 0.29) is 38.0 Å². The monoisotopic (exact) mass is 454 g/mol. The average molecular weight is 455 g/mol. The Morgan fingerprint density at radius 3 is 1.39 bits per heavy atom. The second-order valence-corrected chi connectivity index (χ2v) is 5.25. The first-order chi connectivity index (χ1) is 12.4. The van der Waals surface area contributed by atoms with Crippen molar-refractivity contribution in [3.63, 3.8) is 0 Å². The number of nitrogens with zero attached hydrogens (tertiary/aromatic N) is 1. The molecule has 0 rings (SSSR count). The third-order valence-corrected chi connectivity index (χ3v) is 2.89. The van der Waals surface area contributed by atoms with Crippen molar-refractivity contribution in [2.24, 2.45) is 5.73 Å². The van der Waals surface area contributed by atoms with Gasteiger partial charge < -0.3 is 36.8 Å². The molecule has 0 saturated carbocycles. The number of rotatable bonds is 12. The van der Waals surface area contributed by atoms with Gasteiger partial charge in [0.05, 0.1) is 13.2 Å². The molecule has 8 N–H and O–H groups in total. The highest BCUT2D eigenvalue weighted by molar-refractivity contribution is 5.85. The van der Waals surface area contributed by atoms with E-state index in [1.165, 1.54) is 0 Å². The lowest BCUT2D eigenvalue weighted by Gasteiger charge is -2.18. The summed E-state index contributed by atoms with van der Waals surface area (Å²) in [5.41, 5.74) is 5.29. The van der Waals surface area contributed by atoms with Crippen LogP contribution in [0.1, 0.15) is 39.5 Å². The first-order valence-electron chi connectivity index (χ1n) is 8.97. The largest absolute Gasteiger partial charge is 0.465 e. The molecule has 0 fully saturated rings. The molecule has 0 bridgehead atoms. The zero-order chi connectivity index (χ0) is 20.6. The van der Waals surface area contributed by atoms with E-state index in [1.807, 2.05) is 18.7 Å². The highest BCUT2D eigenvalue weighted by atomic mass is 35.5. The molecule has 0 aliphatic rings. The third kappa shape index (κ3) is 44.4. The number of hydrogen-bond acceptors (Lipinski definition) is 6. The molecule has 2 amide bonds. The van der Waals surface area contributed by atoms with Crippen LogP contribution in [0.15, 0.2) is 0 Å². The summed E-state index contributed by atoms with van der Waals surface area (Å²) in [7, 11) is 0. The molecule has 0 aromatic heterocycles. The first-order valence-corrected chi connectivity index (χ1v) is 8.97. The van der Waals surface area contributed by atoms with Crippen LogP contribution in [0.4, 0.5) is 9.59 Å². The van der Waals surface area contributed by atoms with Gasteiger partial charge in [0.15, 0.2) is 0 Å². The Morgan fingerprint density at radius 2 is 1.18 bits per heavy atom. The molecular weight excluding hydrogens is 415 g/mol. The zero-order valence-corrected chi connectivity index (χ0v) is 18.6. The predicted octanol–water partition coefficient (Wildman–Crippen LogP) is 1.18. The lowest BCUT2D eigenvalue weighted by Crippen LogP contribution is -2.34. The third-order valence-electron chi connectivity index (χ3n) is 2.89. The normalized spacial score (nSPS) is 8.79. The van der Waals surface area contributed by atoms with Gasteiger partial charge in [0.1, 0.15) is 0 Å². The van der Waals surface area contributed by atoms with E-state index in [0.29, 0.717) is 32.7 Å². The van der Waals surface area contributed by atoms with Crippen LogP contribution < -0.4 is 16.4 Å². The molecule has 174 valence electrons. The van der Waals surface area contributed by atoms with E-state index in [2.05, 4.69) is 10.6 Å². The molecule has 0 aliphatic carbocycles. The topological polar surface area (TPSA) is 168 Å². The molecule has 0 unspecified atom stereocenters. The summed E-state index contributed by atoms with van der Waals surface area (Å²) >= 11 is 0. The van der Waals surface area contributed by atoms with E-state index in [4.69, 9.17) is 26.2 Å². The number of halogens is 2. The Kier molecular flexibility index (Phi) is 45.1. The minimum absolute atomic E-state index is 0. The van der Waals surface area contributed by atoms with Crippen molar-refractivity contribution in [3.8, 4) is 0 Å². The Labute approximate surface area is 180 Å². The van der Waals surface area contributed by atoms with Gasteiger partial charge >= 0.3 is 12.2 Å². The SMILES string of the molecule is CCCCNC(=O)O.CCCCNC(=O)O.Cl.Cl.NCCN(CCO)CCO. The number of nitrogens with two attached hydrogens (primary N) is 1. The molecule has 0 radical (unpaired) electrons. The van der Waals surface area contributed by atoms with Gasteiger partial charge in [0.25, 0.3) is 0 Å². The van der Waals surface area contributed by atoms with E-state index in [0.717, 1.165) is 32.2 Å². The van der Waals surface area contributed by atoms with Crippen molar-refractivity contribution < 1.29 is 30.0 Å². The van der Waals surface area contributed by atoms with Crippen LogP contribution in [0.2, 0.25) is 0 Å². The van der Waals surface area contributed by atoms with Crippen molar-refractivity contribution in [2.75, 3.05) is 52.5 Å². The van der Waals surface area contributed by atoms with Crippen LogP contribution >= 0.6 is 24.8 Å². The Morgan fingerprint density at radius 1 is 0.821 bits per heavy atom. The zero-order valence-electron chi connectivity index (χ0n) is 16.9. The predicted molar refractivity (Wildman–Crippen MR) is 116 cm³/mol. The summed E-state index contributed by atoms with van der Waals surface area (Å²) in [5, 5.41) is 37.6. The maximum Gasteiger partial charge on any atom is 0.404 e. The van der Waals surface area contributed by atoms with Gasteiger partial charge in [0, 0.05) is 39.3 Å². The standard InChI is InChI=1S/C6H16N2O2.2C5H11NO2.2ClH/c7-1-2-8(3-5-9)4-6-10;2*1-2-3-4-6-5(7)8;;/h9-10H,1-7H2;2*6H,2-4H2,1H3,(H,7,8);2*1H. The van der Waals surface area contributed by atoms with Crippen molar-refractivity contribution >= 4 is 37.0 Å². The van der Waals surface area contributed by atoms with Crippen LogP contribution in [0.3, 0.4) is 0 Å². The summed E-state index contributed by atoms with van der Waals surface area (Å²) in [6.07, 6.45) is 2.04. The first kappa shape index (κ1) is 37.7. The van der Waals surface area contributed by atoms with Gasteiger partial charge in [-0.15, -0.1) is 24.8 Å². The minimum Gasteiger partial charge on any atom is -0.465 e. The van der Waals surface area contributed by atoms with E-state index >= 15 is 0 Å². The van der Waals surface area contributed by atoms with Crippen LogP contribution in [0.5, 0.6) is 0 Å². The summed E-state index contributed by atoms with van der Waals surface area (Å²) in [6.45, 7) is 7.93. The smallest absolute Gasteiger partial charge is 0.404 e. The lowest BCUT2D eigenvalue weighted by molar-refractivity contribution is 0.164. The number of amides is 2. The number of nitrogens with one attached hydrogen (secondary N) is 2. The summed E-state index contributed by atoms with van der Waals surface area (Å²) in [6, 6.07) is 0. The Balaban J connectivity index is -0.0000000920. The molecular formula is C16H40Cl2N4O6. The van der Waals surface area contributed by atoms with Gasteiger partial charge in [-0.05, 0) is 12.8 Å². The molecule has 0 aromatic carbocycles. The molecule has 0 spiro atoms. The number of aliphatic hydroxyl groups is 2. The maximum atomic E-state index is 9.76. The van der Waals surface area contributed by atoms with Gasteiger partial charge in [-0.2, -0.15) is 0 Å². The Bertz CT molecular complexity index is 285. The van der Waals surface area contributed by atoms with E-state index in [1.54, 1.807) is 0 Å². The highest BCUT2D eigenvalue weighted by Crippen LogP contribution is 1.83. The molecule has 0 saturated heterocycles. The number of unbranched alkanes of at least 4 members (excludes halogenated alkanes) is 2. The molecule has 28 heavy (non-hydrogen) atoms. The summed E-state index contributed by atoms with van der Waals surface area (Å²) in [5.74, 6) is 0. The number of carbonyl (C=O) groups is 2. The minimum atomic E-state index is -0.932. The second-order valence-electron chi connectivity index (χ2n) is 5.25. The van der Waals surface area contributed by atoms with Crippen molar-refractivity contribution in [2.45, 2.75) is 39.5 Å². The quantitative estimate of drug-likeness (QED) is 0.215. The fraction of sp³-hybridized carbons (Fsp3) is 0.875. The summed E-state index contributed by atoms with van der Waals surface area (Å²) < 4.78 is 0. The van der Waals surface area contributed by atoms with Gasteiger partial charge in [-0.1, -0.05) is 26.7 Å². The molecule has 0 aromatic rings. The number of hydrogen-bond donors (Lipinski definition) is 7. The lowest BCUT2D eigenvalue weighted by atomic mass is 10.3. The van der Waals surface area contributed by atoms with Gasteiger partial charge in [0.2, 0.25) is 0 Å². The van der Waals surface area contributed by atoms with Gasteiger partial charge in [-0.25, -0.2) is 9.59 Å². The number of carboxylic acid groups (broad SMARTS) is 2. The van der Waals surface area contributed by atoms with Crippen LogP contribution in [-0.2, 0) is 0 Å². The van der Waals surface area contributed by atoms with E-state index in [9.17, 15) is 9.59 Å². The number of aliphatic hydroxyl groups excluding tert-OH is 2. The molecule has 0 atom stereocenters. The summed E-state index contributed by atoms with van der Waals surface area (Å²) in [4.78, 5) is 21.4. The molecule has 0 heterocycles. The second kappa shape index (κ2) is 33.5. The molecule has 10 nitrogen and oxygen atoms in total. The fourth-order valence-electron chi connectivity index (χ4n) is 1.55. The van der Waals surface area contributed by atoms with Crippen molar-refractivity contribution in [1.29, 1.82) is 0 Å². The molecule has 0 aliphatic heterocycles. The fourth-order valence-corrected chi connectivity index (χ4v) is 1.55. The van der Waals surface area contributed by atoms with Crippen molar-refractivity contribution in [1.82, 2.24) is 15.5 Å². The Hall–Kier alpha value is -1.04. The van der Waals surface area contributed by atoms with E-state index < -0.39 is 12.2 Å². The average Bonchev–Trinajstić information content (AvgIpc) is 2.57. The van der Waals surface area contributed by atoms with Crippen LogP contribution in [0, 0.1) is 0 Å². The van der Waals surface area contributed by atoms with Crippen molar-refractivity contribution in [3.05, 3.63) is 0 Å². The molecule has 12 heteroatoms. The van der Waals surface area contributed by atoms with Crippen LogP contribution in [-0.4, -0.2) is 90.0 Å². The highest BCUT2D eigenvalue weighted by Gasteiger charge is 1.99. The van der Waals surface area contributed by atoms with Crippen LogP contribution in [0.25, 0.3) is 0 Å². The maximum absolute atomic E-state index is 9.76.